The Hall–Kier alpha value is -2.41. The van der Waals surface area contributed by atoms with Gasteiger partial charge in [-0.05, 0) is 42.0 Å². The summed E-state index contributed by atoms with van der Waals surface area (Å²) in [5.74, 6) is 0.356. The lowest BCUT2D eigenvalue weighted by Crippen LogP contribution is -2.12. The highest BCUT2D eigenvalue weighted by Gasteiger charge is 2.13. The maximum atomic E-state index is 12.3. The van der Waals surface area contributed by atoms with Crippen molar-refractivity contribution in [3.8, 4) is 5.75 Å². The molecule has 5 nitrogen and oxygen atoms in total. The van der Waals surface area contributed by atoms with Crippen molar-refractivity contribution in [1.82, 2.24) is 0 Å². The molecule has 3 N–H and O–H groups in total. The Balaban J connectivity index is 1.68. The molecule has 0 aliphatic carbocycles. The molecule has 27 heavy (non-hydrogen) atoms. The average Bonchev–Trinajstić information content (AvgIpc) is 2.63. The van der Waals surface area contributed by atoms with Crippen LogP contribution in [0.15, 0.2) is 71.6 Å². The second-order valence-corrected chi connectivity index (χ2v) is 8.24. The molecule has 8 heteroatoms. The average molecular weight is 423 g/mol. The van der Waals surface area contributed by atoms with Crippen molar-refractivity contribution in [3.63, 3.8) is 0 Å². The molecule has 0 aliphatic rings. The largest absolute Gasteiger partial charge is 0.485 e. The minimum Gasteiger partial charge on any atom is -0.485 e. The first-order valence-corrected chi connectivity index (χ1v) is 10.1. The number of ether oxygens (including phenoxy) is 1. The van der Waals surface area contributed by atoms with E-state index in [1.807, 2.05) is 0 Å². The fraction of sp³-hybridized carbons (Fsp3) is 0.0526. The highest BCUT2D eigenvalue weighted by Crippen LogP contribution is 2.34. The van der Waals surface area contributed by atoms with Crippen molar-refractivity contribution >= 4 is 44.6 Å². The highest BCUT2D eigenvalue weighted by atomic mass is 35.5. The maximum Gasteiger partial charge on any atom is 0.261 e. The highest BCUT2D eigenvalue weighted by molar-refractivity contribution is 7.92. The lowest BCUT2D eigenvalue weighted by atomic mass is 10.2. The zero-order valence-corrected chi connectivity index (χ0v) is 16.4. The number of nitrogens with one attached hydrogen (secondary N) is 1. The fourth-order valence-corrected chi connectivity index (χ4v) is 4.01. The van der Waals surface area contributed by atoms with E-state index < -0.39 is 10.0 Å². The molecule has 0 aliphatic heterocycles. The zero-order valence-electron chi connectivity index (χ0n) is 14.0. The van der Waals surface area contributed by atoms with Crippen molar-refractivity contribution in [1.29, 1.82) is 0 Å². The lowest BCUT2D eigenvalue weighted by molar-refractivity contribution is 0.308. The van der Waals surface area contributed by atoms with Crippen LogP contribution in [-0.2, 0) is 16.6 Å². The van der Waals surface area contributed by atoms with Crippen molar-refractivity contribution < 1.29 is 13.2 Å². The van der Waals surface area contributed by atoms with E-state index in [0.717, 1.165) is 5.56 Å². The summed E-state index contributed by atoms with van der Waals surface area (Å²) in [4.78, 5) is 0.199. The van der Waals surface area contributed by atoms with E-state index in [4.69, 9.17) is 33.7 Å². The van der Waals surface area contributed by atoms with Crippen LogP contribution in [0.3, 0.4) is 0 Å². The minimum absolute atomic E-state index is 0.199. The third-order valence-corrected chi connectivity index (χ3v) is 5.58. The molecule has 3 aromatic carbocycles. The molecule has 3 aromatic rings. The van der Waals surface area contributed by atoms with Gasteiger partial charge < -0.3 is 10.5 Å². The number of rotatable bonds is 6. The minimum atomic E-state index is -3.62. The summed E-state index contributed by atoms with van der Waals surface area (Å²) in [7, 11) is -3.62. The van der Waals surface area contributed by atoms with E-state index in [1.54, 1.807) is 54.6 Å². The van der Waals surface area contributed by atoms with Crippen LogP contribution in [-0.4, -0.2) is 8.42 Å². The van der Waals surface area contributed by atoms with Gasteiger partial charge >= 0.3 is 0 Å². The maximum absolute atomic E-state index is 12.3. The number of halogens is 2. The summed E-state index contributed by atoms with van der Waals surface area (Å²) in [6, 6.07) is 18.1. The Morgan fingerprint density at radius 1 is 0.963 bits per heavy atom. The monoisotopic (exact) mass is 422 g/mol. The van der Waals surface area contributed by atoms with Crippen LogP contribution in [0.4, 0.5) is 11.4 Å². The molecule has 0 amide bonds. The first-order valence-electron chi connectivity index (χ1n) is 7.89. The van der Waals surface area contributed by atoms with Crippen LogP contribution in [0, 0.1) is 0 Å². The van der Waals surface area contributed by atoms with Gasteiger partial charge in [0.25, 0.3) is 10.0 Å². The quantitative estimate of drug-likeness (QED) is 0.550. The van der Waals surface area contributed by atoms with E-state index in [2.05, 4.69) is 4.72 Å². The molecule has 3 rings (SSSR count). The molecule has 0 bridgehead atoms. The number of nitrogen functional groups attached to an aromatic ring is 1. The van der Waals surface area contributed by atoms with Gasteiger partial charge in [0.1, 0.15) is 6.61 Å². The van der Waals surface area contributed by atoms with E-state index in [-0.39, 0.29) is 11.5 Å². The van der Waals surface area contributed by atoms with Crippen LogP contribution in [0.1, 0.15) is 5.56 Å². The standard InChI is InChI=1S/C19H16Cl2N2O3S/c20-14-10-17(21)19(18(22)11-14)26-12-13-6-8-15(9-7-13)23-27(24,25)16-4-2-1-3-5-16/h1-11,23H,12,22H2. The van der Waals surface area contributed by atoms with Crippen LogP contribution < -0.4 is 15.2 Å². The molecule has 0 radical (unpaired) electrons. The van der Waals surface area contributed by atoms with E-state index in [9.17, 15) is 8.42 Å². The number of benzene rings is 3. The zero-order chi connectivity index (χ0) is 19.4. The summed E-state index contributed by atoms with van der Waals surface area (Å²) in [5, 5.41) is 0.757. The van der Waals surface area contributed by atoms with Crippen LogP contribution in [0.25, 0.3) is 0 Å². The molecule has 0 spiro atoms. The predicted octanol–water partition coefficient (Wildman–Crippen LogP) is 4.96. The van der Waals surface area contributed by atoms with E-state index >= 15 is 0 Å². The molecule has 0 unspecified atom stereocenters. The third kappa shape index (κ3) is 4.86. The number of anilines is 2. The van der Waals surface area contributed by atoms with Crippen molar-refractivity contribution in [2.24, 2.45) is 0 Å². The molecule has 0 saturated carbocycles. The number of hydrogen-bond acceptors (Lipinski definition) is 4. The molecule has 0 atom stereocenters. The Morgan fingerprint density at radius 3 is 2.26 bits per heavy atom. The van der Waals surface area contributed by atoms with Gasteiger partial charge in [-0.2, -0.15) is 0 Å². The Labute approximate surface area is 167 Å². The number of sulfonamides is 1. The van der Waals surface area contributed by atoms with Gasteiger partial charge in [-0.15, -0.1) is 0 Å². The molecule has 0 saturated heterocycles. The second-order valence-electron chi connectivity index (χ2n) is 5.71. The first kappa shape index (κ1) is 19.4. The predicted molar refractivity (Wildman–Crippen MR) is 109 cm³/mol. The Morgan fingerprint density at radius 2 is 1.63 bits per heavy atom. The number of hydrogen-bond donors (Lipinski definition) is 2. The topological polar surface area (TPSA) is 81.4 Å². The van der Waals surface area contributed by atoms with Crippen LogP contribution in [0.2, 0.25) is 10.0 Å². The Bertz CT molecular complexity index is 1020. The smallest absolute Gasteiger partial charge is 0.261 e. The fourth-order valence-electron chi connectivity index (χ4n) is 2.37. The van der Waals surface area contributed by atoms with Gasteiger partial charge in [0, 0.05) is 10.7 Å². The summed E-state index contributed by atoms with van der Waals surface area (Å²) in [6.07, 6.45) is 0. The lowest BCUT2D eigenvalue weighted by Gasteiger charge is -2.12. The van der Waals surface area contributed by atoms with Gasteiger partial charge in [0.2, 0.25) is 0 Å². The summed E-state index contributed by atoms with van der Waals surface area (Å²) >= 11 is 12.0. The number of nitrogens with two attached hydrogens (primary N) is 1. The van der Waals surface area contributed by atoms with Crippen LogP contribution in [0.5, 0.6) is 5.75 Å². The van der Waals surface area contributed by atoms with Crippen molar-refractivity contribution in [2.75, 3.05) is 10.5 Å². The summed E-state index contributed by atoms with van der Waals surface area (Å²) in [6.45, 7) is 0.220. The molecule has 0 heterocycles. The Kier molecular flexibility index (Phi) is 5.79. The van der Waals surface area contributed by atoms with Crippen molar-refractivity contribution in [3.05, 3.63) is 82.3 Å². The van der Waals surface area contributed by atoms with E-state index in [1.165, 1.54) is 12.1 Å². The molecule has 0 aromatic heterocycles. The molecule has 140 valence electrons. The van der Waals surface area contributed by atoms with Crippen LogP contribution >= 0.6 is 23.2 Å². The SMILES string of the molecule is Nc1cc(Cl)cc(Cl)c1OCc1ccc(NS(=O)(=O)c2ccccc2)cc1. The second kappa shape index (κ2) is 8.08. The normalized spacial score (nSPS) is 11.2. The van der Waals surface area contributed by atoms with E-state index in [0.29, 0.717) is 27.2 Å². The van der Waals surface area contributed by atoms with Crippen molar-refractivity contribution in [2.45, 2.75) is 11.5 Å². The van der Waals surface area contributed by atoms with Gasteiger partial charge in [0.05, 0.1) is 15.6 Å². The summed E-state index contributed by atoms with van der Waals surface area (Å²) < 4.78 is 32.8. The van der Waals surface area contributed by atoms with Gasteiger partial charge in [-0.1, -0.05) is 53.5 Å². The van der Waals surface area contributed by atoms with Gasteiger partial charge in [0.15, 0.2) is 5.75 Å². The van der Waals surface area contributed by atoms with Gasteiger partial charge in [-0.25, -0.2) is 8.42 Å². The molecular formula is C19H16Cl2N2O3S. The summed E-state index contributed by atoms with van der Waals surface area (Å²) in [5.41, 5.74) is 7.48. The first-order chi connectivity index (χ1) is 12.8. The molecule has 0 fully saturated rings. The third-order valence-electron chi connectivity index (χ3n) is 3.68. The molecular weight excluding hydrogens is 407 g/mol. The van der Waals surface area contributed by atoms with Gasteiger partial charge in [-0.3, -0.25) is 4.72 Å².